The van der Waals surface area contributed by atoms with E-state index in [4.69, 9.17) is 18.6 Å². The molecule has 0 aliphatic heterocycles. The number of nitrogens with zero attached hydrogens (tertiary/aromatic N) is 1. The van der Waals surface area contributed by atoms with Crippen molar-refractivity contribution in [2.45, 2.75) is 59.2 Å². The van der Waals surface area contributed by atoms with Gasteiger partial charge in [0.05, 0.1) is 24.5 Å². The van der Waals surface area contributed by atoms with E-state index < -0.39 is 0 Å². The summed E-state index contributed by atoms with van der Waals surface area (Å²) < 4.78 is 23.6. The predicted molar refractivity (Wildman–Crippen MR) is 127 cm³/mol. The highest BCUT2D eigenvalue weighted by Gasteiger charge is 2.21. The molecule has 2 atom stereocenters. The van der Waals surface area contributed by atoms with Crippen molar-refractivity contribution >= 4 is 0 Å². The van der Waals surface area contributed by atoms with E-state index in [0.717, 1.165) is 35.6 Å². The Kier molecular flexibility index (Phi) is 9.32. The molecule has 0 amide bonds. The van der Waals surface area contributed by atoms with Crippen LogP contribution >= 0.6 is 0 Å². The van der Waals surface area contributed by atoms with Crippen LogP contribution in [-0.2, 0) is 22.3 Å². The monoisotopic (exact) mass is 437 g/mol. The van der Waals surface area contributed by atoms with Gasteiger partial charge in [0.1, 0.15) is 11.5 Å². The zero-order chi connectivity index (χ0) is 22.8. The quantitative estimate of drug-likeness (QED) is 0.327. The van der Waals surface area contributed by atoms with E-state index in [-0.39, 0.29) is 12.2 Å². The third kappa shape index (κ3) is 6.68. The molecule has 0 aliphatic rings. The number of aromatic nitrogens is 1. The van der Waals surface area contributed by atoms with Gasteiger partial charge >= 0.3 is 0 Å². The fourth-order valence-electron chi connectivity index (χ4n) is 3.80. The number of rotatable bonds is 13. The van der Waals surface area contributed by atoms with Gasteiger partial charge in [-0.3, -0.25) is 0 Å². The van der Waals surface area contributed by atoms with Gasteiger partial charge in [-0.2, -0.15) is 0 Å². The van der Waals surface area contributed by atoms with E-state index in [1.54, 1.807) is 0 Å². The minimum atomic E-state index is 0.0608. The van der Waals surface area contributed by atoms with Crippen molar-refractivity contribution in [1.29, 1.82) is 0 Å². The van der Waals surface area contributed by atoms with Crippen LogP contribution in [0.2, 0.25) is 0 Å². The van der Waals surface area contributed by atoms with Crippen LogP contribution in [0.4, 0.5) is 0 Å². The van der Waals surface area contributed by atoms with Crippen LogP contribution in [-0.4, -0.2) is 37.0 Å². The largest absolute Gasteiger partial charge is 0.493 e. The van der Waals surface area contributed by atoms with Gasteiger partial charge in [-0.1, -0.05) is 37.3 Å². The molecule has 5 nitrogen and oxygen atoms in total. The highest BCUT2D eigenvalue weighted by Crippen LogP contribution is 2.22. The van der Waals surface area contributed by atoms with E-state index in [1.165, 1.54) is 5.56 Å². The summed E-state index contributed by atoms with van der Waals surface area (Å²) in [5.74, 6) is 2.34. The van der Waals surface area contributed by atoms with Crippen molar-refractivity contribution in [3.63, 3.8) is 0 Å². The molecule has 1 aromatic heterocycles. The first kappa shape index (κ1) is 24.0. The first-order chi connectivity index (χ1) is 15.6. The normalized spacial score (nSPS) is 13.1. The number of hydrogen-bond donors (Lipinski definition) is 0. The molecular weight excluding hydrogens is 402 g/mol. The summed E-state index contributed by atoms with van der Waals surface area (Å²) in [6.45, 7) is 10.1. The molecule has 0 N–H and O–H groups in total. The van der Waals surface area contributed by atoms with E-state index in [0.29, 0.717) is 32.1 Å². The Labute approximate surface area is 191 Å². The third-order valence-electron chi connectivity index (χ3n) is 5.46. The molecular formula is C27H35NO4. The lowest BCUT2D eigenvalue weighted by molar-refractivity contribution is -0.0675. The summed E-state index contributed by atoms with van der Waals surface area (Å²) in [4.78, 5) is 4.64. The van der Waals surface area contributed by atoms with Gasteiger partial charge in [-0.25, -0.2) is 4.98 Å². The Bertz CT molecular complexity index is 921. The van der Waals surface area contributed by atoms with E-state index in [1.807, 2.05) is 63.2 Å². The minimum Gasteiger partial charge on any atom is -0.493 e. The molecule has 1 heterocycles. The molecule has 0 spiro atoms. The van der Waals surface area contributed by atoms with Crippen LogP contribution in [0.15, 0.2) is 59.0 Å². The molecule has 5 heteroatoms. The van der Waals surface area contributed by atoms with Gasteiger partial charge in [0.2, 0.25) is 5.89 Å². The first-order valence-corrected chi connectivity index (χ1v) is 11.6. The van der Waals surface area contributed by atoms with Gasteiger partial charge in [-0.05, 0) is 57.0 Å². The van der Waals surface area contributed by atoms with Gasteiger partial charge in [0, 0.05) is 31.6 Å². The van der Waals surface area contributed by atoms with Crippen molar-refractivity contribution in [3.05, 3.63) is 71.6 Å². The van der Waals surface area contributed by atoms with Crippen LogP contribution < -0.4 is 4.74 Å². The standard InChI is InChI=1S/C27H35NO4/c1-5-25(29-6-2)26(30-7-3)19-21-13-15-23(16-14-21)31-18-17-24-20(4)32-27(28-24)22-11-9-8-10-12-22/h8-16,25-26H,5-7,17-19H2,1-4H3. The van der Waals surface area contributed by atoms with Crippen LogP contribution in [0.5, 0.6) is 5.75 Å². The van der Waals surface area contributed by atoms with Gasteiger partial charge in [0.15, 0.2) is 0 Å². The number of ether oxygens (including phenoxy) is 3. The second-order valence-electron chi connectivity index (χ2n) is 7.73. The van der Waals surface area contributed by atoms with E-state index in [9.17, 15) is 0 Å². The third-order valence-corrected chi connectivity index (χ3v) is 5.46. The summed E-state index contributed by atoms with van der Waals surface area (Å²) >= 11 is 0. The lowest BCUT2D eigenvalue weighted by Gasteiger charge is -2.26. The maximum atomic E-state index is 5.97. The van der Waals surface area contributed by atoms with Crippen molar-refractivity contribution < 1.29 is 18.6 Å². The lowest BCUT2D eigenvalue weighted by atomic mass is 10.0. The predicted octanol–water partition coefficient (Wildman–Crippen LogP) is 6.03. The van der Waals surface area contributed by atoms with E-state index >= 15 is 0 Å². The molecule has 0 saturated heterocycles. The summed E-state index contributed by atoms with van der Waals surface area (Å²) in [6.07, 6.45) is 2.64. The van der Waals surface area contributed by atoms with Gasteiger partial charge in [-0.15, -0.1) is 0 Å². The summed E-state index contributed by atoms with van der Waals surface area (Å²) in [7, 11) is 0. The van der Waals surface area contributed by atoms with E-state index in [2.05, 4.69) is 24.0 Å². The maximum Gasteiger partial charge on any atom is 0.226 e. The SMILES string of the molecule is CCOC(CC)C(Cc1ccc(OCCc2nc(-c3ccccc3)oc2C)cc1)OCC. The molecule has 0 bridgehead atoms. The molecule has 3 aromatic rings. The Balaban J connectivity index is 1.53. The molecule has 0 fully saturated rings. The van der Waals surface area contributed by atoms with Gasteiger partial charge < -0.3 is 18.6 Å². The van der Waals surface area contributed by atoms with Crippen LogP contribution in [0.3, 0.4) is 0 Å². The Morgan fingerprint density at radius 3 is 2.22 bits per heavy atom. The Morgan fingerprint density at radius 1 is 0.875 bits per heavy atom. The Morgan fingerprint density at radius 2 is 1.56 bits per heavy atom. The van der Waals surface area contributed by atoms with Crippen molar-refractivity contribution in [1.82, 2.24) is 4.98 Å². The van der Waals surface area contributed by atoms with Crippen molar-refractivity contribution in [3.8, 4) is 17.2 Å². The second kappa shape index (κ2) is 12.4. The topological polar surface area (TPSA) is 53.7 Å². The molecule has 0 radical (unpaired) electrons. The lowest BCUT2D eigenvalue weighted by Crippen LogP contribution is -2.33. The van der Waals surface area contributed by atoms with Crippen molar-refractivity contribution in [2.24, 2.45) is 0 Å². The van der Waals surface area contributed by atoms with Crippen LogP contribution in [0, 0.1) is 6.92 Å². The zero-order valence-electron chi connectivity index (χ0n) is 19.7. The molecule has 172 valence electrons. The molecule has 32 heavy (non-hydrogen) atoms. The molecule has 3 rings (SSSR count). The number of benzene rings is 2. The fraction of sp³-hybridized carbons (Fsp3) is 0.444. The fourth-order valence-corrected chi connectivity index (χ4v) is 3.80. The Hall–Kier alpha value is -2.63. The van der Waals surface area contributed by atoms with Crippen LogP contribution in [0.1, 0.15) is 44.2 Å². The van der Waals surface area contributed by atoms with Gasteiger partial charge in [0.25, 0.3) is 0 Å². The number of oxazole rings is 1. The number of aryl methyl sites for hydroxylation is 1. The number of hydrogen-bond acceptors (Lipinski definition) is 5. The summed E-state index contributed by atoms with van der Waals surface area (Å²) in [5, 5.41) is 0. The smallest absolute Gasteiger partial charge is 0.226 e. The summed E-state index contributed by atoms with van der Waals surface area (Å²) in [6, 6.07) is 18.2. The molecule has 2 unspecified atom stereocenters. The molecule has 0 saturated carbocycles. The first-order valence-electron chi connectivity index (χ1n) is 11.6. The highest BCUT2D eigenvalue weighted by molar-refractivity contribution is 5.53. The molecule has 0 aliphatic carbocycles. The highest BCUT2D eigenvalue weighted by atomic mass is 16.5. The average Bonchev–Trinajstić information content (AvgIpc) is 3.19. The maximum absolute atomic E-state index is 5.97. The van der Waals surface area contributed by atoms with Crippen LogP contribution in [0.25, 0.3) is 11.5 Å². The minimum absolute atomic E-state index is 0.0608. The van der Waals surface area contributed by atoms with Crippen molar-refractivity contribution in [2.75, 3.05) is 19.8 Å². The average molecular weight is 438 g/mol. The zero-order valence-corrected chi connectivity index (χ0v) is 19.7. The summed E-state index contributed by atoms with van der Waals surface area (Å²) in [5.41, 5.74) is 3.13. The second-order valence-corrected chi connectivity index (χ2v) is 7.73. The molecule has 2 aromatic carbocycles.